The number of aliphatic carboxylic acids is 1. The molecule has 2 N–H and O–H groups in total. The van der Waals surface area contributed by atoms with E-state index in [0.29, 0.717) is 5.56 Å². The normalized spacial score (nSPS) is 13.0. The molecule has 23 heavy (non-hydrogen) atoms. The molecule has 1 aromatic rings. The van der Waals surface area contributed by atoms with Gasteiger partial charge in [-0.3, -0.25) is 9.59 Å². The van der Waals surface area contributed by atoms with Gasteiger partial charge in [-0.2, -0.15) is 0 Å². The third kappa shape index (κ3) is 5.73. The van der Waals surface area contributed by atoms with Crippen LogP contribution in [-0.4, -0.2) is 35.6 Å². The Hall–Kier alpha value is -2.37. The Kier molecular flexibility index (Phi) is 6.75. The van der Waals surface area contributed by atoms with E-state index in [1.54, 1.807) is 26.0 Å². The highest BCUT2D eigenvalue weighted by Crippen LogP contribution is 2.12. The lowest BCUT2D eigenvalue weighted by Crippen LogP contribution is -2.42. The Bertz CT molecular complexity index is 576. The van der Waals surface area contributed by atoms with Crippen LogP contribution in [0.2, 0.25) is 0 Å². The number of benzene rings is 1. The molecule has 0 aliphatic rings. The lowest BCUT2D eigenvalue weighted by atomic mass is 10.0. The zero-order chi connectivity index (χ0) is 17.6. The number of carboxylic acids is 1. The summed E-state index contributed by atoms with van der Waals surface area (Å²) in [5.74, 6) is -2.74. The van der Waals surface area contributed by atoms with Crippen LogP contribution in [0.4, 0.5) is 0 Å². The molecular weight excluding hydrogens is 298 g/mol. The monoisotopic (exact) mass is 321 g/mol. The Balaban J connectivity index is 2.81. The maximum Gasteiger partial charge on any atom is 0.326 e. The van der Waals surface area contributed by atoms with Crippen LogP contribution in [0.5, 0.6) is 0 Å². The van der Waals surface area contributed by atoms with Crippen LogP contribution < -0.4 is 5.32 Å². The van der Waals surface area contributed by atoms with Crippen molar-refractivity contribution in [3.63, 3.8) is 0 Å². The van der Waals surface area contributed by atoms with E-state index >= 15 is 0 Å². The first kappa shape index (κ1) is 18.7. The van der Waals surface area contributed by atoms with E-state index in [9.17, 15) is 19.5 Å². The summed E-state index contributed by atoms with van der Waals surface area (Å²) < 4.78 is 4.86. The summed E-state index contributed by atoms with van der Waals surface area (Å²) in [4.78, 5) is 35.2. The minimum atomic E-state index is -1.18. The van der Waals surface area contributed by atoms with Crippen molar-refractivity contribution >= 4 is 17.8 Å². The van der Waals surface area contributed by atoms with Gasteiger partial charge in [-0.25, -0.2) is 4.79 Å². The maximum absolute atomic E-state index is 12.3. The van der Waals surface area contributed by atoms with Gasteiger partial charge < -0.3 is 15.2 Å². The number of rotatable bonds is 7. The molecule has 0 aliphatic heterocycles. The van der Waals surface area contributed by atoms with Gasteiger partial charge in [0.25, 0.3) is 5.91 Å². The van der Waals surface area contributed by atoms with Crippen LogP contribution in [0.15, 0.2) is 18.2 Å². The predicted molar refractivity (Wildman–Crippen MR) is 85.2 cm³/mol. The van der Waals surface area contributed by atoms with Crippen LogP contribution in [0.1, 0.15) is 41.8 Å². The van der Waals surface area contributed by atoms with Gasteiger partial charge in [0.15, 0.2) is 0 Å². The standard InChI is InChI=1S/C17H23NO5/c1-5-23-17(22)12(4)9-14(16(20)21)18-15(19)13-7-10(2)6-11(3)8-13/h6-8,12,14H,5,9H2,1-4H3,(H,18,19)(H,20,21)/t12-,14-/m0/s1. The zero-order valence-electron chi connectivity index (χ0n) is 13.9. The van der Waals surface area contributed by atoms with Gasteiger partial charge in [-0.05, 0) is 39.3 Å². The van der Waals surface area contributed by atoms with E-state index in [2.05, 4.69) is 5.32 Å². The first-order valence-corrected chi connectivity index (χ1v) is 7.53. The first-order valence-electron chi connectivity index (χ1n) is 7.53. The second-order valence-corrected chi connectivity index (χ2v) is 5.63. The van der Waals surface area contributed by atoms with E-state index in [1.165, 1.54) is 0 Å². The zero-order valence-corrected chi connectivity index (χ0v) is 13.9. The lowest BCUT2D eigenvalue weighted by molar-refractivity contribution is -0.148. The average molecular weight is 321 g/mol. The molecule has 1 amide bonds. The predicted octanol–water partition coefficient (Wildman–Crippen LogP) is 2.08. The number of aryl methyl sites for hydroxylation is 2. The molecule has 1 aromatic carbocycles. The molecule has 6 heteroatoms. The highest BCUT2D eigenvalue weighted by atomic mass is 16.5. The summed E-state index contributed by atoms with van der Waals surface area (Å²) in [5.41, 5.74) is 2.24. The van der Waals surface area contributed by atoms with Gasteiger partial charge in [0.1, 0.15) is 6.04 Å². The summed E-state index contributed by atoms with van der Waals surface area (Å²) in [6.07, 6.45) is -0.0231. The van der Waals surface area contributed by atoms with Gasteiger partial charge >= 0.3 is 11.9 Å². The molecule has 126 valence electrons. The minimum Gasteiger partial charge on any atom is -0.480 e. The largest absolute Gasteiger partial charge is 0.480 e. The number of nitrogens with one attached hydrogen (secondary N) is 1. The van der Waals surface area contributed by atoms with Crippen molar-refractivity contribution in [3.05, 3.63) is 34.9 Å². The first-order chi connectivity index (χ1) is 10.7. The van der Waals surface area contributed by atoms with Gasteiger partial charge in [0.05, 0.1) is 12.5 Å². The number of carboxylic acid groups (broad SMARTS) is 1. The summed E-state index contributed by atoms with van der Waals surface area (Å²) >= 11 is 0. The fraction of sp³-hybridized carbons (Fsp3) is 0.471. The quantitative estimate of drug-likeness (QED) is 0.750. The molecule has 0 unspecified atom stereocenters. The molecule has 0 fully saturated rings. The lowest BCUT2D eigenvalue weighted by Gasteiger charge is -2.18. The fourth-order valence-electron chi connectivity index (χ4n) is 2.30. The van der Waals surface area contributed by atoms with E-state index in [1.807, 2.05) is 19.9 Å². The molecule has 6 nitrogen and oxygen atoms in total. The molecule has 0 spiro atoms. The Morgan fingerprint density at radius 3 is 2.22 bits per heavy atom. The Morgan fingerprint density at radius 1 is 1.17 bits per heavy atom. The van der Waals surface area contributed by atoms with Gasteiger partial charge in [0, 0.05) is 5.56 Å². The molecule has 0 saturated heterocycles. The number of hydrogen-bond acceptors (Lipinski definition) is 4. The molecule has 0 radical (unpaired) electrons. The molecule has 0 saturated carbocycles. The fourth-order valence-corrected chi connectivity index (χ4v) is 2.30. The van der Waals surface area contributed by atoms with Crippen LogP contribution in [0.25, 0.3) is 0 Å². The van der Waals surface area contributed by atoms with E-state index in [0.717, 1.165) is 11.1 Å². The number of carbonyl (C=O) groups is 3. The molecule has 1 rings (SSSR count). The topological polar surface area (TPSA) is 92.7 Å². The number of carbonyl (C=O) groups excluding carboxylic acids is 2. The van der Waals surface area contributed by atoms with E-state index in [4.69, 9.17) is 4.74 Å². The number of ether oxygens (including phenoxy) is 1. The summed E-state index contributed by atoms with van der Waals surface area (Å²) in [7, 11) is 0. The smallest absolute Gasteiger partial charge is 0.326 e. The average Bonchev–Trinajstić information content (AvgIpc) is 2.45. The van der Waals surface area contributed by atoms with Gasteiger partial charge in [-0.1, -0.05) is 24.1 Å². The van der Waals surface area contributed by atoms with Crippen molar-refractivity contribution in [2.75, 3.05) is 6.61 Å². The van der Waals surface area contributed by atoms with Crippen molar-refractivity contribution in [2.24, 2.45) is 5.92 Å². The number of amides is 1. The molecule has 0 aliphatic carbocycles. The number of esters is 1. The SMILES string of the molecule is CCOC(=O)[C@@H](C)C[C@H](NC(=O)c1cc(C)cc(C)c1)C(=O)O. The van der Waals surface area contributed by atoms with Gasteiger partial charge in [0.2, 0.25) is 0 Å². The highest BCUT2D eigenvalue weighted by molar-refractivity contribution is 5.97. The van der Waals surface area contributed by atoms with Crippen LogP contribution in [0, 0.1) is 19.8 Å². The van der Waals surface area contributed by atoms with Crippen molar-refractivity contribution in [1.29, 1.82) is 0 Å². The van der Waals surface area contributed by atoms with Crippen molar-refractivity contribution in [3.8, 4) is 0 Å². The molecule has 0 heterocycles. The molecular formula is C17H23NO5. The summed E-state index contributed by atoms with van der Waals surface area (Å²) in [6, 6.07) is 4.16. The Labute approximate surface area is 135 Å². The summed E-state index contributed by atoms with van der Waals surface area (Å²) in [5, 5.41) is 11.7. The third-order valence-electron chi connectivity index (χ3n) is 3.37. The minimum absolute atomic E-state index is 0.0231. The van der Waals surface area contributed by atoms with Gasteiger partial charge in [-0.15, -0.1) is 0 Å². The van der Waals surface area contributed by atoms with E-state index in [-0.39, 0.29) is 13.0 Å². The second kappa shape index (κ2) is 8.31. The van der Waals surface area contributed by atoms with Crippen molar-refractivity contribution in [2.45, 2.75) is 40.2 Å². The van der Waals surface area contributed by atoms with Crippen LogP contribution >= 0.6 is 0 Å². The highest BCUT2D eigenvalue weighted by Gasteiger charge is 2.26. The summed E-state index contributed by atoms with van der Waals surface area (Å²) in [6.45, 7) is 7.22. The molecule has 0 bridgehead atoms. The third-order valence-corrected chi connectivity index (χ3v) is 3.37. The van der Waals surface area contributed by atoms with Crippen LogP contribution in [0.3, 0.4) is 0 Å². The molecule has 0 aromatic heterocycles. The molecule has 2 atom stereocenters. The van der Waals surface area contributed by atoms with Crippen molar-refractivity contribution in [1.82, 2.24) is 5.32 Å². The Morgan fingerprint density at radius 2 is 1.74 bits per heavy atom. The van der Waals surface area contributed by atoms with Crippen LogP contribution in [-0.2, 0) is 14.3 Å². The second-order valence-electron chi connectivity index (χ2n) is 5.63. The maximum atomic E-state index is 12.3. The van der Waals surface area contributed by atoms with E-state index < -0.39 is 29.8 Å². The van der Waals surface area contributed by atoms with Crippen molar-refractivity contribution < 1.29 is 24.2 Å². The number of hydrogen-bond donors (Lipinski definition) is 2.